The van der Waals surface area contributed by atoms with Crippen molar-refractivity contribution in [3.63, 3.8) is 0 Å². The van der Waals surface area contributed by atoms with Crippen LogP contribution in [0.2, 0.25) is 0 Å². The van der Waals surface area contributed by atoms with Crippen LogP contribution >= 0.6 is 45.2 Å². The van der Waals surface area contributed by atoms with Gasteiger partial charge in [0.25, 0.3) is 0 Å². The number of benzene rings is 2. The smallest absolute Gasteiger partial charge is 0.0130 e. The van der Waals surface area contributed by atoms with E-state index in [9.17, 15) is 0 Å². The number of rotatable bonds is 2. The van der Waals surface area contributed by atoms with Gasteiger partial charge in [0.15, 0.2) is 0 Å². The van der Waals surface area contributed by atoms with Gasteiger partial charge < -0.3 is 0 Å². The van der Waals surface area contributed by atoms with Gasteiger partial charge in [-0.05, 0) is 171 Å². The minimum atomic E-state index is 0.522. The molecule has 2 aromatic carbocycles. The minimum Gasteiger partial charge on any atom is -0.0574 e. The molecule has 148 valence electrons. The SMILES string of the molecule is Ic1ccc(C23CC4C56CC7(c8ccc(I)cc8)CC([C@H]5C2)[C@H](C3)C4(C7)C6)cc1. The zero-order valence-corrected chi connectivity index (χ0v) is 20.9. The lowest BCUT2D eigenvalue weighted by atomic mass is 9.13. The van der Waals surface area contributed by atoms with Gasteiger partial charge in [0.2, 0.25) is 0 Å². The molecule has 29 heavy (non-hydrogen) atoms. The number of hydrogen-bond donors (Lipinski definition) is 0. The fraction of sp³-hybridized carbons (Fsp3) is 0.556. The summed E-state index contributed by atoms with van der Waals surface area (Å²) in [6.07, 6.45) is 10.7. The molecule has 0 aliphatic heterocycles. The molecule has 0 aromatic heterocycles. The Morgan fingerprint density at radius 3 is 1.66 bits per heavy atom. The van der Waals surface area contributed by atoms with Crippen LogP contribution in [0.1, 0.15) is 56.1 Å². The van der Waals surface area contributed by atoms with E-state index in [0.29, 0.717) is 21.7 Å². The third kappa shape index (κ3) is 1.80. The molecule has 9 saturated carbocycles. The second-order valence-corrected chi connectivity index (χ2v) is 14.3. The van der Waals surface area contributed by atoms with Crippen molar-refractivity contribution < 1.29 is 0 Å². The van der Waals surface area contributed by atoms with Crippen LogP contribution < -0.4 is 0 Å². The highest BCUT2D eigenvalue weighted by Crippen LogP contribution is 2.93. The average Bonchev–Trinajstić information content (AvgIpc) is 2.72. The van der Waals surface area contributed by atoms with Crippen molar-refractivity contribution in [2.75, 3.05) is 0 Å². The van der Waals surface area contributed by atoms with Crippen molar-refractivity contribution in [3.8, 4) is 0 Å². The van der Waals surface area contributed by atoms with Gasteiger partial charge in [0, 0.05) is 7.14 Å². The second kappa shape index (κ2) is 5.10. The Kier molecular flexibility index (Phi) is 3.07. The van der Waals surface area contributed by atoms with E-state index in [1.165, 1.54) is 45.7 Å². The van der Waals surface area contributed by atoms with Gasteiger partial charge >= 0.3 is 0 Å². The molecular weight excluding hydrogens is 578 g/mol. The highest BCUT2D eigenvalue weighted by atomic mass is 127. The maximum Gasteiger partial charge on any atom is 0.0130 e. The summed E-state index contributed by atoms with van der Waals surface area (Å²) in [6, 6.07) is 19.4. The predicted octanol–water partition coefficient (Wildman–Crippen LogP) is 7.32. The Labute approximate surface area is 200 Å². The Bertz CT molecular complexity index is 1000. The summed E-state index contributed by atoms with van der Waals surface area (Å²) in [5, 5.41) is 0. The van der Waals surface area contributed by atoms with Crippen LogP contribution in [0.4, 0.5) is 0 Å². The Hall–Kier alpha value is -0.100. The van der Waals surface area contributed by atoms with E-state index in [2.05, 4.69) is 93.7 Å². The van der Waals surface area contributed by atoms with E-state index in [1.807, 2.05) is 0 Å². The number of hydrogen-bond acceptors (Lipinski definition) is 0. The second-order valence-electron chi connectivity index (χ2n) is 11.8. The summed E-state index contributed by atoms with van der Waals surface area (Å²) in [5.41, 5.74) is 5.86. The molecule has 8 bridgehead atoms. The average molecular weight is 604 g/mol. The third-order valence-corrected chi connectivity index (χ3v) is 12.7. The van der Waals surface area contributed by atoms with Crippen LogP contribution in [-0.2, 0) is 10.8 Å². The van der Waals surface area contributed by atoms with Crippen molar-refractivity contribution >= 4 is 45.2 Å². The summed E-state index contributed by atoms with van der Waals surface area (Å²) >= 11 is 4.93. The molecule has 2 spiro atoms. The largest absolute Gasteiger partial charge is 0.0574 e. The van der Waals surface area contributed by atoms with Crippen molar-refractivity contribution in [2.45, 2.75) is 55.8 Å². The molecule has 8 atom stereocenters. The Balaban J connectivity index is 1.24. The third-order valence-electron chi connectivity index (χ3n) is 11.2. The van der Waals surface area contributed by atoms with Crippen LogP contribution in [-0.4, -0.2) is 0 Å². The molecule has 0 N–H and O–H groups in total. The van der Waals surface area contributed by atoms with Crippen LogP contribution in [0.25, 0.3) is 0 Å². The molecule has 0 amide bonds. The standard InChI is InChI=1S/C27H26I2/c28-18-5-1-16(2-6-18)24-10-21-20-9-25(17-3-7-19(29)8-4-17)13-26(21)15-27(14-25,22(20)11-24)23(26)12-24/h1-8,20-23H,9-15H2/t20?,21-,22+,23?,24?,25?,26?,27?. The van der Waals surface area contributed by atoms with E-state index < -0.39 is 0 Å². The van der Waals surface area contributed by atoms with E-state index in [4.69, 9.17) is 0 Å². The normalized spacial score (nSPS) is 52.1. The first kappa shape index (κ1) is 17.5. The quantitative estimate of drug-likeness (QED) is 0.316. The fourth-order valence-electron chi connectivity index (χ4n) is 10.9. The van der Waals surface area contributed by atoms with E-state index in [0.717, 1.165) is 23.7 Å². The summed E-state index contributed by atoms with van der Waals surface area (Å²) in [7, 11) is 0. The topological polar surface area (TPSA) is 0 Å². The monoisotopic (exact) mass is 604 g/mol. The zero-order valence-electron chi connectivity index (χ0n) is 16.6. The highest BCUT2D eigenvalue weighted by Gasteiger charge is 2.86. The molecule has 9 aliphatic rings. The Morgan fingerprint density at radius 1 is 0.586 bits per heavy atom. The molecule has 9 fully saturated rings. The molecule has 0 nitrogen and oxygen atoms in total. The predicted molar refractivity (Wildman–Crippen MR) is 133 cm³/mol. The lowest BCUT2D eigenvalue weighted by Gasteiger charge is -2.91. The van der Waals surface area contributed by atoms with Crippen molar-refractivity contribution in [1.82, 2.24) is 0 Å². The first-order valence-corrected chi connectivity index (χ1v) is 13.7. The first-order chi connectivity index (χ1) is 14.0. The van der Waals surface area contributed by atoms with E-state index in [-0.39, 0.29) is 0 Å². The maximum atomic E-state index is 2.49. The summed E-state index contributed by atoms with van der Waals surface area (Å²) < 4.78 is 2.77. The van der Waals surface area contributed by atoms with Crippen LogP contribution in [0.5, 0.6) is 0 Å². The summed E-state index contributed by atoms with van der Waals surface area (Å²) in [4.78, 5) is 0. The molecule has 9 aliphatic carbocycles. The number of halogens is 2. The molecule has 11 rings (SSSR count). The van der Waals surface area contributed by atoms with Gasteiger partial charge in [-0.25, -0.2) is 0 Å². The first-order valence-electron chi connectivity index (χ1n) is 11.5. The summed E-state index contributed by atoms with van der Waals surface area (Å²) in [5.74, 6) is 4.12. The summed E-state index contributed by atoms with van der Waals surface area (Å²) in [6.45, 7) is 0. The minimum absolute atomic E-state index is 0.522. The van der Waals surface area contributed by atoms with Gasteiger partial charge in [0.05, 0.1) is 0 Å². The molecular formula is C27H26I2. The van der Waals surface area contributed by atoms with Crippen LogP contribution in [0.3, 0.4) is 0 Å². The molecule has 0 saturated heterocycles. The molecule has 6 unspecified atom stereocenters. The lowest BCUT2D eigenvalue weighted by Crippen LogP contribution is -2.85. The van der Waals surface area contributed by atoms with Crippen molar-refractivity contribution in [3.05, 3.63) is 66.8 Å². The fourth-order valence-corrected chi connectivity index (χ4v) is 11.6. The van der Waals surface area contributed by atoms with Crippen molar-refractivity contribution in [2.24, 2.45) is 34.5 Å². The van der Waals surface area contributed by atoms with Crippen LogP contribution in [0.15, 0.2) is 48.5 Å². The van der Waals surface area contributed by atoms with Crippen molar-refractivity contribution in [1.29, 1.82) is 0 Å². The Morgan fingerprint density at radius 2 is 1.10 bits per heavy atom. The molecule has 2 heteroatoms. The van der Waals surface area contributed by atoms with Gasteiger partial charge in [-0.2, -0.15) is 0 Å². The van der Waals surface area contributed by atoms with E-state index in [1.54, 1.807) is 17.5 Å². The van der Waals surface area contributed by atoms with Gasteiger partial charge in [-0.15, -0.1) is 0 Å². The van der Waals surface area contributed by atoms with Gasteiger partial charge in [0.1, 0.15) is 0 Å². The van der Waals surface area contributed by atoms with Gasteiger partial charge in [-0.1, -0.05) is 24.3 Å². The maximum absolute atomic E-state index is 2.49. The lowest BCUT2D eigenvalue weighted by molar-refractivity contribution is -0.398. The van der Waals surface area contributed by atoms with Crippen LogP contribution in [0, 0.1) is 41.6 Å². The molecule has 2 aromatic rings. The molecule has 0 heterocycles. The van der Waals surface area contributed by atoms with Gasteiger partial charge in [-0.3, -0.25) is 0 Å². The molecule has 0 radical (unpaired) electrons. The zero-order chi connectivity index (χ0) is 19.2. The van der Waals surface area contributed by atoms with E-state index >= 15 is 0 Å². The highest BCUT2D eigenvalue weighted by molar-refractivity contribution is 14.1.